The largest absolute Gasteiger partial charge is 0.322 e. The van der Waals surface area contributed by atoms with Crippen LogP contribution >= 0.6 is 0 Å². The number of anilines is 2. The van der Waals surface area contributed by atoms with Crippen molar-refractivity contribution in [2.45, 2.75) is 55.8 Å². The van der Waals surface area contributed by atoms with Gasteiger partial charge in [-0.05, 0) is 111 Å². The molecule has 3 aromatic carbocycles. The lowest BCUT2D eigenvalue weighted by Crippen LogP contribution is -2.48. The van der Waals surface area contributed by atoms with Gasteiger partial charge in [0, 0.05) is 12.7 Å². The Kier molecular flexibility index (Phi) is 5.90. The Bertz CT molecular complexity index is 1390. The van der Waals surface area contributed by atoms with Gasteiger partial charge < -0.3 is 5.32 Å². The molecule has 0 aliphatic heterocycles. The summed E-state index contributed by atoms with van der Waals surface area (Å²) in [5.41, 5.74) is 4.08. The maximum absolute atomic E-state index is 13.3. The summed E-state index contributed by atoms with van der Waals surface area (Å²) in [5.74, 6) is 2.32. The lowest BCUT2D eigenvalue weighted by atomic mass is 9.48. The predicted octanol–water partition coefficient (Wildman–Crippen LogP) is 6.54. The van der Waals surface area contributed by atoms with E-state index in [1.807, 2.05) is 19.1 Å². The summed E-state index contributed by atoms with van der Waals surface area (Å²) in [6.45, 7) is 1.91. The number of aryl methyl sites for hydroxylation is 1. The van der Waals surface area contributed by atoms with Gasteiger partial charge in [-0.3, -0.25) is 9.10 Å². The Labute approximate surface area is 220 Å². The molecule has 0 saturated heterocycles. The van der Waals surface area contributed by atoms with Gasteiger partial charge in [0.25, 0.3) is 15.9 Å². The summed E-state index contributed by atoms with van der Waals surface area (Å²) in [5, 5.41) is 2.99. The highest BCUT2D eigenvalue weighted by molar-refractivity contribution is 7.92. The molecule has 4 saturated carbocycles. The minimum Gasteiger partial charge on any atom is -0.322 e. The van der Waals surface area contributed by atoms with Crippen LogP contribution in [-0.2, 0) is 15.4 Å². The number of hydrogen-bond donors (Lipinski definition) is 1. The normalized spacial score (nSPS) is 26.2. The maximum atomic E-state index is 13.3. The maximum Gasteiger partial charge on any atom is 0.264 e. The van der Waals surface area contributed by atoms with E-state index >= 15 is 0 Å². The van der Waals surface area contributed by atoms with Crippen molar-refractivity contribution in [3.05, 3.63) is 89.5 Å². The van der Waals surface area contributed by atoms with Crippen LogP contribution in [0.1, 0.15) is 60.0 Å². The number of sulfonamides is 1. The summed E-state index contributed by atoms with van der Waals surface area (Å²) in [7, 11) is -2.32. The summed E-state index contributed by atoms with van der Waals surface area (Å²) in [6.07, 6.45) is 8.17. The molecule has 1 N–H and O–H groups in total. The fourth-order valence-electron chi connectivity index (χ4n) is 7.51. The molecule has 192 valence electrons. The zero-order valence-electron chi connectivity index (χ0n) is 21.5. The van der Waals surface area contributed by atoms with Crippen LogP contribution in [0, 0.1) is 24.7 Å². The first-order chi connectivity index (χ1) is 17.7. The van der Waals surface area contributed by atoms with Crippen molar-refractivity contribution < 1.29 is 13.2 Å². The van der Waals surface area contributed by atoms with Gasteiger partial charge in [0.1, 0.15) is 0 Å². The van der Waals surface area contributed by atoms with E-state index in [0.717, 1.165) is 29.0 Å². The van der Waals surface area contributed by atoms with Gasteiger partial charge in [0.2, 0.25) is 0 Å². The zero-order chi connectivity index (χ0) is 25.8. The third kappa shape index (κ3) is 4.35. The Morgan fingerprint density at radius 2 is 1.41 bits per heavy atom. The molecule has 4 bridgehead atoms. The zero-order valence-corrected chi connectivity index (χ0v) is 22.3. The molecule has 3 aromatic rings. The molecular weight excluding hydrogens is 480 g/mol. The quantitative estimate of drug-likeness (QED) is 0.406. The van der Waals surface area contributed by atoms with Crippen LogP contribution in [0.3, 0.4) is 0 Å². The second kappa shape index (κ2) is 9.02. The summed E-state index contributed by atoms with van der Waals surface area (Å²) in [6, 6.07) is 21.9. The van der Waals surface area contributed by atoms with Crippen LogP contribution in [0.5, 0.6) is 0 Å². The van der Waals surface area contributed by atoms with Gasteiger partial charge in [0.05, 0.1) is 16.1 Å². The van der Waals surface area contributed by atoms with Gasteiger partial charge in [-0.1, -0.05) is 42.0 Å². The second-order valence-electron chi connectivity index (χ2n) is 11.5. The first-order valence-electron chi connectivity index (χ1n) is 13.3. The van der Waals surface area contributed by atoms with Crippen LogP contribution in [0.25, 0.3) is 0 Å². The molecule has 7 rings (SSSR count). The van der Waals surface area contributed by atoms with Crippen molar-refractivity contribution >= 4 is 27.3 Å². The standard InChI is InChI=1S/C31H34N2O3S/c1-21-7-13-27(14-8-21)37(35,36)33(2)29-6-4-3-5-28(29)30(34)32-26-11-9-25(10-12-26)31-18-22-15-23(19-31)17-24(16-22)20-31/h3-14,22-24H,15-20H2,1-2H3,(H,32,34). The molecule has 1 amide bonds. The number of amides is 1. The van der Waals surface area contributed by atoms with E-state index in [4.69, 9.17) is 0 Å². The predicted molar refractivity (Wildman–Crippen MR) is 147 cm³/mol. The highest BCUT2D eigenvalue weighted by atomic mass is 32.2. The number of nitrogens with zero attached hydrogens (tertiary/aromatic N) is 1. The van der Waals surface area contributed by atoms with E-state index in [1.54, 1.807) is 48.5 Å². The van der Waals surface area contributed by atoms with Gasteiger partial charge in [-0.2, -0.15) is 0 Å². The van der Waals surface area contributed by atoms with E-state index in [-0.39, 0.29) is 10.8 Å². The Hall–Kier alpha value is -3.12. The van der Waals surface area contributed by atoms with Gasteiger partial charge in [-0.15, -0.1) is 0 Å². The first-order valence-corrected chi connectivity index (χ1v) is 14.7. The van der Waals surface area contributed by atoms with Crippen molar-refractivity contribution in [1.82, 2.24) is 0 Å². The Balaban J connectivity index is 1.21. The van der Waals surface area contributed by atoms with E-state index < -0.39 is 10.0 Å². The van der Waals surface area contributed by atoms with E-state index in [9.17, 15) is 13.2 Å². The minimum atomic E-state index is -3.81. The van der Waals surface area contributed by atoms with Crippen LogP contribution < -0.4 is 9.62 Å². The summed E-state index contributed by atoms with van der Waals surface area (Å²) in [4.78, 5) is 13.5. The molecule has 4 aliphatic carbocycles. The molecule has 0 unspecified atom stereocenters. The van der Waals surface area contributed by atoms with Crippen LogP contribution in [0.15, 0.2) is 77.7 Å². The van der Waals surface area contributed by atoms with Crippen LogP contribution in [0.2, 0.25) is 0 Å². The number of hydrogen-bond acceptors (Lipinski definition) is 3. The number of benzene rings is 3. The number of carbonyl (C=O) groups is 1. The third-order valence-corrected chi connectivity index (χ3v) is 10.7. The Morgan fingerprint density at radius 3 is 2.00 bits per heavy atom. The molecule has 6 heteroatoms. The van der Waals surface area contributed by atoms with E-state index in [1.165, 1.54) is 55.4 Å². The van der Waals surface area contributed by atoms with E-state index in [2.05, 4.69) is 17.4 Å². The number of para-hydroxylation sites is 1. The molecule has 4 fully saturated rings. The van der Waals surface area contributed by atoms with Crippen molar-refractivity contribution in [3.8, 4) is 0 Å². The average molecular weight is 515 g/mol. The average Bonchev–Trinajstić information content (AvgIpc) is 2.88. The summed E-state index contributed by atoms with van der Waals surface area (Å²) < 4.78 is 27.7. The highest BCUT2D eigenvalue weighted by Crippen LogP contribution is 2.60. The second-order valence-corrected chi connectivity index (χ2v) is 13.5. The number of carbonyl (C=O) groups excluding carboxylic acids is 1. The molecule has 0 atom stereocenters. The molecule has 0 heterocycles. The number of nitrogens with one attached hydrogen (secondary N) is 1. The first kappa shape index (κ1) is 24.2. The van der Waals surface area contributed by atoms with Crippen molar-refractivity contribution in [3.63, 3.8) is 0 Å². The summed E-state index contributed by atoms with van der Waals surface area (Å²) >= 11 is 0. The SMILES string of the molecule is Cc1ccc(S(=O)(=O)N(C)c2ccccc2C(=O)Nc2ccc(C34CC5CC(CC(C5)C3)C4)cc2)cc1. The van der Waals surface area contributed by atoms with Crippen molar-refractivity contribution in [1.29, 1.82) is 0 Å². The smallest absolute Gasteiger partial charge is 0.264 e. The van der Waals surface area contributed by atoms with Crippen LogP contribution in [0.4, 0.5) is 11.4 Å². The van der Waals surface area contributed by atoms with Crippen LogP contribution in [-0.4, -0.2) is 21.4 Å². The molecule has 5 nitrogen and oxygen atoms in total. The van der Waals surface area contributed by atoms with Crippen molar-refractivity contribution in [2.75, 3.05) is 16.7 Å². The minimum absolute atomic E-state index is 0.191. The molecular formula is C31H34N2O3S. The molecule has 37 heavy (non-hydrogen) atoms. The third-order valence-electron chi connectivity index (χ3n) is 8.96. The Morgan fingerprint density at radius 1 is 0.838 bits per heavy atom. The monoisotopic (exact) mass is 514 g/mol. The van der Waals surface area contributed by atoms with Crippen molar-refractivity contribution in [2.24, 2.45) is 17.8 Å². The van der Waals surface area contributed by atoms with Gasteiger partial charge >= 0.3 is 0 Å². The fourth-order valence-corrected chi connectivity index (χ4v) is 8.72. The van der Waals surface area contributed by atoms with Gasteiger partial charge in [0.15, 0.2) is 0 Å². The topological polar surface area (TPSA) is 66.5 Å². The molecule has 0 spiro atoms. The lowest BCUT2D eigenvalue weighted by Gasteiger charge is -2.57. The molecule has 0 aromatic heterocycles. The lowest BCUT2D eigenvalue weighted by molar-refractivity contribution is -0.00518. The molecule has 0 radical (unpaired) electrons. The number of rotatable bonds is 6. The highest BCUT2D eigenvalue weighted by Gasteiger charge is 2.51. The fraction of sp³-hybridized carbons (Fsp3) is 0.387. The molecule has 4 aliphatic rings. The van der Waals surface area contributed by atoms with Gasteiger partial charge in [-0.25, -0.2) is 8.42 Å². The van der Waals surface area contributed by atoms with E-state index in [0.29, 0.717) is 16.7 Å².